The van der Waals surface area contributed by atoms with Crippen LogP contribution in [0, 0.1) is 6.92 Å². The van der Waals surface area contributed by atoms with Crippen molar-refractivity contribution in [1.29, 1.82) is 0 Å². The van der Waals surface area contributed by atoms with Gasteiger partial charge in [0.25, 0.3) is 5.56 Å². The Hall–Kier alpha value is -3.26. The van der Waals surface area contributed by atoms with Crippen LogP contribution in [0.5, 0.6) is 0 Å². The van der Waals surface area contributed by atoms with Crippen molar-refractivity contribution in [3.05, 3.63) is 78.5 Å². The minimum atomic E-state index is -0.635. The van der Waals surface area contributed by atoms with Crippen molar-refractivity contribution in [2.24, 2.45) is 14.1 Å². The fourth-order valence-corrected chi connectivity index (χ4v) is 4.65. The van der Waals surface area contributed by atoms with Crippen molar-refractivity contribution < 1.29 is 9.59 Å². The number of allylic oxidation sites excluding steroid dienone is 2. The number of ketones is 2. The zero-order chi connectivity index (χ0) is 21.7. The van der Waals surface area contributed by atoms with Gasteiger partial charge in [0.15, 0.2) is 5.78 Å². The lowest BCUT2D eigenvalue weighted by atomic mass is 9.90. The molecule has 1 aliphatic rings. The molecule has 0 fully saturated rings. The molecule has 0 aliphatic heterocycles. The Kier molecular flexibility index (Phi) is 4.82. The summed E-state index contributed by atoms with van der Waals surface area (Å²) >= 11 is 1.22. The maximum Gasteiger partial charge on any atom is 0.332 e. The molecule has 152 valence electrons. The summed E-state index contributed by atoms with van der Waals surface area (Å²) in [6.07, 6.45) is 1.66. The second-order valence-corrected chi connectivity index (χ2v) is 8.30. The maximum atomic E-state index is 13.4. The minimum absolute atomic E-state index is 0.000931. The van der Waals surface area contributed by atoms with Crippen molar-refractivity contribution in [1.82, 2.24) is 14.1 Å². The topological polar surface area (TPSA) is 91.0 Å². The number of nitrogens with zero attached hydrogens (tertiary/aromatic N) is 3. The van der Waals surface area contributed by atoms with E-state index in [1.807, 2.05) is 38.1 Å². The second-order valence-electron chi connectivity index (χ2n) is 7.19. The van der Waals surface area contributed by atoms with Gasteiger partial charge in [-0.25, -0.2) is 9.78 Å². The van der Waals surface area contributed by atoms with E-state index in [1.165, 1.54) is 36.5 Å². The van der Waals surface area contributed by atoms with Gasteiger partial charge >= 0.3 is 5.69 Å². The van der Waals surface area contributed by atoms with Crippen LogP contribution in [0.1, 0.15) is 38.9 Å². The number of benzene rings is 1. The third-order valence-corrected chi connectivity index (χ3v) is 6.19. The quantitative estimate of drug-likeness (QED) is 0.646. The van der Waals surface area contributed by atoms with Gasteiger partial charge in [0.2, 0.25) is 5.78 Å². The Labute approximate surface area is 176 Å². The SMILES string of the molecule is CCc1nc2c(c3c1C(=O)C(Sc1cccc(C)c1)=CC3=O)c(=O)n(C)c(=O)n2C. The number of hydrogen-bond acceptors (Lipinski definition) is 6. The molecule has 2 heterocycles. The fraction of sp³-hybridized carbons (Fsp3) is 0.227. The zero-order valence-corrected chi connectivity index (χ0v) is 17.8. The van der Waals surface area contributed by atoms with Gasteiger partial charge in [-0.2, -0.15) is 0 Å². The summed E-state index contributed by atoms with van der Waals surface area (Å²) in [6.45, 7) is 3.77. The molecule has 2 aromatic heterocycles. The Morgan fingerprint density at radius 1 is 1.03 bits per heavy atom. The number of aromatic nitrogens is 3. The summed E-state index contributed by atoms with van der Waals surface area (Å²) in [6, 6.07) is 7.64. The number of hydrogen-bond donors (Lipinski definition) is 0. The van der Waals surface area contributed by atoms with E-state index in [-0.39, 0.29) is 32.8 Å². The van der Waals surface area contributed by atoms with E-state index >= 15 is 0 Å². The minimum Gasteiger partial charge on any atom is -0.289 e. The number of thioether (sulfide) groups is 1. The van der Waals surface area contributed by atoms with Crippen LogP contribution >= 0.6 is 11.8 Å². The third-order valence-electron chi connectivity index (χ3n) is 5.17. The molecule has 8 heteroatoms. The first-order valence-electron chi connectivity index (χ1n) is 9.42. The number of Topliss-reactive ketones (excluding diaryl/α,β-unsaturated/α-hetero) is 1. The molecule has 0 radical (unpaired) electrons. The lowest BCUT2D eigenvalue weighted by Crippen LogP contribution is -2.39. The molecule has 7 nitrogen and oxygen atoms in total. The van der Waals surface area contributed by atoms with Crippen LogP contribution in [0.25, 0.3) is 11.0 Å². The summed E-state index contributed by atoms with van der Waals surface area (Å²) in [4.78, 5) is 57.3. The predicted molar refractivity (Wildman–Crippen MR) is 115 cm³/mol. The molecule has 3 aromatic rings. The molecule has 0 atom stereocenters. The van der Waals surface area contributed by atoms with E-state index in [4.69, 9.17) is 0 Å². The summed E-state index contributed by atoms with van der Waals surface area (Å²) in [5.74, 6) is -0.768. The van der Waals surface area contributed by atoms with Crippen molar-refractivity contribution in [3.63, 3.8) is 0 Å². The van der Waals surface area contributed by atoms with Crippen molar-refractivity contribution in [2.45, 2.75) is 25.2 Å². The summed E-state index contributed by atoms with van der Waals surface area (Å²) < 4.78 is 2.16. The molecule has 0 unspecified atom stereocenters. The number of fused-ring (bicyclic) bond motifs is 3. The maximum absolute atomic E-state index is 13.4. The Morgan fingerprint density at radius 3 is 2.43 bits per heavy atom. The van der Waals surface area contributed by atoms with Crippen LogP contribution in [0.15, 0.2) is 49.7 Å². The van der Waals surface area contributed by atoms with Crippen molar-refractivity contribution >= 4 is 34.4 Å². The van der Waals surface area contributed by atoms with Crippen molar-refractivity contribution in [3.8, 4) is 0 Å². The number of aryl methyl sites for hydroxylation is 3. The first-order chi connectivity index (χ1) is 14.2. The highest BCUT2D eigenvalue weighted by molar-refractivity contribution is 8.04. The van der Waals surface area contributed by atoms with E-state index in [0.29, 0.717) is 12.1 Å². The van der Waals surface area contributed by atoms with Crippen LogP contribution in [-0.4, -0.2) is 25.7 Å². The average molecular weight is 421 g/mol. The van der Waals surface area contributed by atoms with Gasteiger partial charge in [-0.15, -0.1) is 0 Å². The van der Waals surface area contributed by atoms with Crippen molar-refractivity contribution in [2.75, 3.05) is 0 Å². The van der Waals surface area contributed by atoms with E-state index in [9.17, 15) is 19.2 Å². The fourth-order valence-electron chi connectivity index (χ4n) is 3.64. The smallest absolute Gasteiger partial charge is 0.289 e. The molecule has 0 bridgehead atoms. The molecular formula is C22H19N3O4S. The highest BCUT2D eigenvalue weighted by Gasteiger charge is 2.33. The largest absolute Gasteiger partial charge is 0.332 e. The van der Waals surface area contributed by atoms with E-state index in [2.05, 4.69) is 4.98 Å². The van der Waals surface area contributed by atoms with Crippen LogP contribution in [0.4, 0.5) is 0 Å². The number of rotatable bonds is 3. The van der Waals surface area contributed by atoms with Gasteiger partial charge in [-0.05, 0) is 25.5 Å². The number of carbonyl (C=O) groups is 2. The average Bonchev–Trinajstić information content (AvgIpc) is 2.72. The highest BCUT2D eigenvalue weighted by atomic mass is 32.2. The van der Waals surface area contributed by atoms with Crippen LogP contribution in [0.3, 0.4) is 0 Å². The monoisotopic (exact) mass is 421 g/mol. The lowest BCUT2D eigenvalue weighted by Gasteiger charge is -2.20. The normalized spacial score (nSPS) is 13.5. The molecule has 30 heavy (non-hydrogen) atoms. The number of pyridine rings is 1. The van der Waals surface area contributed by atoms with Crippen LogP contribution < -0.4 is 11.2 Å². The molecular weight excluding hydrogens is 402 g/mol. The van der Waals surface area contributed by atoms with Crippen LogP contribution in [0.2, 0.25) is 0 Å². The molecule has 0 spiro atoms. The molecule has 1 aromatic carbocycles. The molecule has 0 amide bonds. The zero-order valence-electron chi connectivity index (χ0n) is 17.0. The van der Waals surface area contributed by atoms with Gasteiger partial charge in [-0.1, -0.05) is 36.4 Å². The Balaban J connectivity index is 2.00. The van der Waals surface area contributed by atoms with E-state index in [0.717, 1.165) is 15.0 Å². The second kappa shape index (κ2) is 7.21. The van der Waals surface area contributed by atoms with Gasteiger partial charge in [0.1, 0.15) is 5.65 Å². The van der Waals surface area contributed by atoms with Gasteiger partial charge in [-0.3, -0.25) is 23.5 Å². The third kappa shape index (κ3) is 2.95. The number of carbonyl (C=O) groups excluding carboxylic acids is 2. The van der Waals surface area contributed by atoms with Gasteiger partial charge in [0, 0.05) is 25.1 Å². The summed E-state index contributed by atoms with van der Waals surface area (Å²) in [7, 11) is 2.83. The first-order valence-corrected chi connectivity index (χ1v) is 10.2. The first kappa shape index (κ1) is 20.0. The molecule has 4 rings (SSSR count). The highest BCUT2D eigenvalue weighted by Crippen LogP contribution is 2.36. The van der Waals surface area contributed by atoms with E-state index < -0.39 is 17.0 Å². The Morgan fingerprint density at radius 2 is 1.77 bits per heavy atom. The summed E-state index contributed by atoms with van der Waals surface area (Å²) in [5, 5.41) is 0.000931. The predicted octanol–water partition coefficient (Wildman–Crippen LogP) is 2.56. The molecule has 0 saturated carbocycles. The van der Waals surface area contributed by atoms with Gasteiger partial charge in [0.05, 0.1) is 27.1 Å². The Bertz CT molecular complexity index is 1410. The molecule has 0 N–H and O–H groups in total. The van der Waals surface area contributed by atoms with Crippen LogP contribution in [-0.2, 0) is 20.5 Å². The standard InChI is InChI=1S/C22H19N3O4S/c1-5-13-16-17(18-20(23-13)24(3)22(29)25(4)21(18)28)14(26)10-15(19(16)27)30-12-8-6-7-11(2)9-12/h6-10H,5H2,1-4H3. The molecule has 1 aliphatic carbocycles. The van der Waals surface area contributed by atoms with Gasteiger partial charge < -0.3 is 0 Å². The lowest BCUT2D eigenvalue weighted by molar-refractivity contribution is 0.0991. The summed E-state index contributed by atoms with van der Waals surface area (Å²) in [5.41, 5.74) is 0.571. The van der Waals surface area contributed by atoms with E-state index in [1.54, 1.807) is 0 Å². The molecule has 0 saturated heterocycles.